The molecule has 7 heteroatoms. The molecule has 0 aliphatic carbocycles. The van der Waals surface area contributed by atoms with E-state index in [1.807, 2.05) is 30.3 Å². The van der Waals surface area contributed by atoms with Crippen molar-refractivity contribution in [1.29, 1.82) is 0 Å². The number of anilines is 1. The molecular formula is C17H17N3O3S. The summed E-state index contributed by atoms with van der Waals surface area (Å²) in [5.74, 6) is 0.293. The lowest BCUT2D eigenvalue weighted by Crippen LogP contribution is -2.13. The Morgan fingerprint density at radius 1 is 1.08 bits per heavy atom. The Kier molecular flexibility index (Phi) is 4.52. The zero-order chi connectivity index (χ0) is 17.0. The van der Waals surface area contributed by atoms with Gasteiger partial charge in [0.25, 0.3) is 10.0 Å². The van der Waals surface area contributed by atoms with Crippen LogP contribution in [0, 0.1) is 0 Å². The molecule has 24 heavy (non-hydrogen) atoms. The molecule has 0 fully saturated rings. The number of sulfonamides is 1. The maximum Gasteiger partial charge on any atom is 0.265 e. The van der Waals surface area contributed by atoms with E-state index in [4.69, 9.17) is 4.74 Å². The van der Waals surface area contributed by atoms with Crippen molar-refractivity contribution in [3.8, 4) is 5.75 Å². The van der Waals surface area contributed by atoms with E-state index in [-0.39, 0.29) is 4.90 Å². The first-order valence-electron chi connectivity index (χ1n) is 7.31. The molecule has 0 saturated carbocycles. The van der Waals surface area contributed by atoms with Crippen LogP contribution >= 0.6 is 0 Å². The van der Waals surface area contributed by atoms with Crippen molar-refractivity contribution in [2.24, 2.45) is 0 Å². The third-order valence-electron chi connectivity index (χ3n) is 3.43. The predicted molar refractivity (Wildman–Crippen MR) is 91.6 cm³/mol. The summed E-state index contributed by atoms with van der Waals surface area (Å²) in [5, 5.41) is 4.19. The van der Waals surface area contributed by atoms with Crippen LogP contribution in [0.5, 0.6) is 5.75 Å². The van der Waals surface area contributed by atoms with E-state index in [9.17, 15) is 8.42 Å². The van der Waals surface area contributed by atoms with E-state index < -0.39 is 10.0 Å². The molecule has 1 heterocycles. The van der Waals surface area contributed by atoms with Crippen LogP contribution in [0.25, 0.3) is 0 Å². The lowest BCUT2D eigenvalue weighted by Gasteiger charge is -2.09. The minimum atomic E-state index is -3.74. The Labute approximate surface area is 140 Å². The molecule has 1 aromatic heterocycles. The Bertz CT molecular complexity index is 921. The fourth-order valence-corrected chi connectivity index (χ4v) is 3.52. The van der Waals surface area contributed by atoms with Crippen LogP contribution in [0.2, 0.25) is 0 Å². The highest BCUT2D eigenvalue weighted by atomic mass is 32.2. The van der Waals surface area contributed by atoms with E-state index in [2.05, 4.69) is 9.82 Å². The number of rotatable bonds is 6. The number of methoxy groups -OCH3 is 1. The molecule has 0 spiro atoms. The van der Waals surface area contributed by atoms with Gasteiger partial charge in [-0.25, -0.2) is 8.42 Å². The van der Waals surface area contributed by atoms with Gasteiger partial charge < -0.3 is 4.74 Å². The summed E-state index contributed by atoms with van der Waals surface area (Å²) < 4.78 is 34.4. The number of nitrogens with one attached hydrogen (secondary N) is 1. The summed E-state index contributed by atoms with van der Waals surface area (Å²) in [6.07, 6.45) is 3.13. The van der Waals surface area contributed by atoms with Crippen molar-refractivity contribution in [2.75, 3.05) is 11.8 Å². The second kappa shape index (κ2) is 6.76. The van der Waals surface area contributed by atoms with Gasteiger partial charge in [-0.3, -0.25) is 9.40 Å². The van der Waals surface area contributed by atoms with E-state index in [1.165, 1.54) is 19.4 Å². The Balaban J connectivity index is 1.79. The predicted octanol–water partition coefficient (Wildman–Crippen LogP) is 2.74. The van der Waals surface area contributed by atoms with Gasteiger partial charge in [-0.15, -0.1) is 0 Å². The van der Waals surface area contributed by atoms with Gasteiger partial charge in [0.1, 0.15) is 10.6 Å². The van der Waals surface area contributed by atoms with Crippen LogP contribution in [-0.2, 0) is 16.6 Å². The monoisotopic (exact) mass is 343 g/mol. The first-order chi connectivity index (χ1) is 11.6. The van der Waals surface area contributed by atoms with Gasteiger partial charge in [-0.2, -0.15) is 5.10 Å². The largest absolute Gasteiger partial charge is 0.495 e. The maximum absolute atomic E-state index is 12.5. The first-order valence-corrected chi connectivity index (χ1v) is 8.79. The molecule has 3 aromatic rings. The average molecular weight is 343 g/mol. The number of para-hydroxylation sites is 1. The van der Waals surface area contributed by atoms with Gasteiger partial charge in [0, 0.05) is 6.20 Å². The topological polar surface area (TPSA) is 73.2 Å². The quantitative estimate of drug-likeness (QED) is 0.747. The van der Waals surface area contributed by atoms with Crippen molar-refractivity contribution in [3.63, 3.8) is 0 Å². The van der Waals surface area contributed by atoms with E-state index >= 15 is 0 Å². The molecule has 0 aliphatic heterocycles. The lowest BCUT2D eigenvalue weighted by molar-refractivity contribution is 0.403. The smallest absolute Gasteiger partial charge is 0.265 e. The highest BCUT2D eigenvalue weighted by Crippen LogP contribution is 2.25. The van der Waals surface area contributed by atoms with Crippen LogP contribution < -0.4 is 9.46 Å². The zero-order valence-corrected chi connectivity index (χ0v) is 13.9. The van der Waals surface area contributed by atoms with Crippen LogP contribution in [-0.4, -0.2) is 25.3 Å². The first kappa shape index (κ1) is 16.1. The SMILES string of the molecule is COc1ccccc1S(=O)(=O)Nc1cnn(Cc2ccccc2)c1. The number of ether oxygens (including phenoxy) is 1. The zero-order valence-electron chi connectivity index (χ0n) is 13.1. The van der Waals surface area contributed by atoms with Crippen LogP contribution in [0.15, 0.2) is 71.9 Å². The summed E-state index contributed by atoms with van der Waals surface area (Å²) in [5.41, 5.74) is 1.48. The molecule has 1 N–H and O–H groups in total. The molecule has 0 bridgehead atoms. The average Bonchev–Trinajstić information content (AvgIpc) is 3.02. The molecule has 0 amide bonds. The molecular weight excluding hydrogens is 326 g/mol. The highest BCUT2D eigenvalue weighted by Gasteiger charge is 2.19. The molecule has 124 valence electrons. The van der Waals surface area contributed by atoms with E-state index in [0.29, 0.717) is 18.0 Å². The van der Waals surface area contributed by atoms with E-state index in [1.54, 1.807) is 29.1 Å². The van der Waals surface area contributed by atoms with E-state index in [0.717, 1.165) is 5.56 Å². The summed E-state index contributed by atoms with van der Waals surface area (Å²) in [7, 11) is -2.31. The van der Waals surface area contributed by atoms with Crippen molar-refractivity contribution in [1.82, 2.24) is 9.78 Å². The second-order valence-electron chi connectivity index (χ2n) is 5.17. The Morgan fingerprint density at radius 3 is 2.54 bits per heavy atom. The van der Waals surface area contributed by atoms with Gasteiger partial charge in [-0.05, 0) is 17.7 Å². The fourth-order valence-electron chi connectivity index (χ4n) is 2.32. The number of aromatic nitrogens is 2. The Morgan fingerprint density at radius 2 is 1.79 bits per heavy atom. The number of nitrogens with zero attached hydrogens (tertiary/aromatic N) is 2. The van der Waals surface area contributed by atoms with Gasteiger partial charge in [0.15, 0.2) is 0 Å². The van der Waals surface area contributed by atoms with Gasteiger partial charge in [0.05, 0.1) is 25.5 Å². The fraction of sp³-hybridized carbons (Fsp3) is 0.118. The summed E-state index contributed by atoms with van der Waals surface area (Å²) in [6.45, 7) is 0.567. The minimum Gasteiger partial charge on any atom is -0.495 e. The standard InChI is InChI=1S/C17H17N3O3S/c1-23-16-9-5-6-10-17(16)24(21,22)19-15-11-18-20(13-15)12-14-7-3-2-4-8-14/h2-11,13,19H,12H2,1H3. The van der Waals surface area contributed by atoms with Crippen molar-refractivity contribution in [2.45, 2.75) is 11.4 Å². The number of hydrogen-bond donors (Lipinski definition) is 1. The van der Waals surface area contributed by atoms with Crippen LogP contribution in [0.4, 0.5) is 5.69 Å². The maximum atomic E-state index is 12.5. The number of benzene rings is 2. The number of hydrogen-bond acceptors (Lipinski definition) is 4. The molecule has 6 nitrogen and oxygen atoms in total. The molecule has 3 rings (SSSR count). The molecule has 2 aromatic carbocycles. The molecule has 0 unspecified atom stereocenters. The molecule has 0 radical (unpaired) electrons. The summed E-state index contributed by atoms with van der Waals surface area (Å²) in [4.78, 5) is 0.0864. The second-order valence-corrected chi connectivity index (χ2v) is 6.82. The van der Waals surface area contributed by atoms with Crippen LogP contribution in [0.1, 0.15) is 5.56 Å². The third-order valence-corrected chi connectivity index (χ3v) is 4.85. The third kappa shape index (κ3) is 3.57. The van der Waals surface area contributed by atoms with Gasteiger partial charge in [-0.1, -0.05) is 42.5 Å². The normalized spacial score (nSPS) is 11.2. The lowest BCUT2D eigenvalue weighted by atomic mass is 10.2. The van der Waals surface area contributed by atoms with Crippen LogP contribution in [0.3, 0.4) is 0 Å². The van der Waals surface area contributed by atoms with Crippen molar-refractivity contribution < 1.29 is 13.2 Å². The molecule has 0 atom stereocenters. The summed E-state index contributed by atoms with van der Waals surface area (Å²) in [6, 6.07) is 16.3. The Hall–Kier alpha value is -2.80. The van der Waals surface area contributed by atoms with Gasteiger partial charge in [0.2, 0.25) is 0 Å². The minimum absolute atomic E-state index is 0.0864. The molecule has 0 aliphatic rings. The molecule has 0 saturated heterocycles. The van der Waals surface area contributed by atoms with Crippen molar-refractivity contribution >= 4 is 15.7 Å². The van der Waals surface area contributed by atoms with Crippen molar-refractivity contribution in [3.05, 3.63) is 72.6 Å². The van der Waals surface area contributed by atoms with Gasteiger partial charge >= 0.3 is 0 Å². The summed E-state index contributed by atoms with van der Waals surface area (Å²) >= 11 is 0. The highest BCUT2D eigenvalue weighted by molar-refractivity contribution is 7.92.